The van der Waals surface area contributed by atoms with Gasteiger partial charge in [0.25, 0.3) is 5.91 Å². The van der Waals surface area contributed by atoms with E-state index in [2.05, 4.69) is 18.9 Å². The van der Waals surface area contributed by atoms with E-state index < -0.39 is 0 Å². The number of benzene rings is 1. The zero-order valence-corrected chi connectivity index (χ0v) is 10.6. The highest BCUT2D eigenvalue weighted by Crippen LogP contribution is 2.13. The van der Waals surface area contributed by atoms with Crippen LogP contribution in [0.3, 0.4) is 0 Å². The zero-order chi connectivity index (χ0) is 12.3. The van der Waals surface area contributed by atoms with Crippen LogP contribution < -0.4 is 0 Å². The van der Waals surface area contributed by atoms with Gasteiger partial charge in [0, 0.05) is 31.2 Å². The summed E-state index contributed by atoms with van der Waals surface area (Å²) < 4.78 is 0. The first-order valence-electron chi connectivity index (χ1n) is 6.27. The van der Waals surface area contributed by atoms with Gasteiger partial charge in [0.2, 0.25) is 0 Å². The van der Waals surface area contributed by atoms with E-state index in [-0.39, 0.29) is 5.91 Å². The molecule has 1 heterocycles. The van der Waals surface area contributed by atoms with Crippen molar-refractivity contribution < 1.29 is 4.79 Å². The van der Waals surface area contributed by atoms with Crippen LogP contribution in [0.4, 0.5) is 0 Å². The van der Waals surface area contributed by atoms with Crippen LogP contribution in [-0.2, 0) is 0 Å². The Labute approximate surface area is 103 Å². The first kappa shape index (κ1) is 12.1. The van der Waals surface area contributed by atoms with Crippen molar-refractivity contribution in [1.82, 2.24) is 9.80 Å². The van der Waals surface area contributed by atoms with Crippen molar-refractivity contribution in [3.63, 3.8) is 0 Å². The summed E-state index contributed by atoms with van der Waals surface area (Å²) in [6.07, 6.45) is 1.09. The van der Waals surface area contributed by atoms with E-state index in [0.29, 0.717) is 6.04 Å². The molecule has 0 aliphatic carbocycles. The molecular formula is C14H20N2O. The van der Waals surface area contributed by atoms with E-state index in [9.17, 15) is 4.79 Å². The van der Waals surface area contributed by atoms with Gasteiger partial charge in [-0.1, -0.05) is 25.1 Å². The van der Waals surface area contributed by atoms with Crippen LogP contribution in [0, 0.1) is 0 Å². The summed E-state index contributed by atoms with van der Waals surface area (Å²) >= 11 is 0. The number of carbonyl (C=O) groups is 1. The predicted molar refractivity (Wildman–Crippen MR) is 69.1 cm³/mol. The van der Waals surface area contributed by atoms with Crippen molar-refractivity contribution in [3.8, 4) is 0 Å². The van der Waals surface area contributed by atoms with Crippen molar-refractivity contribution in [2.24, 2.45) is 0 Å². The summed E-state index contributed by atoms with van der Waals surface area (Å²) in [4.78, 5) is 16.6. The molecule has 1 atom stereocenters. The molecule has 0 N–H and O–H groups in total. The van der Waals surface area contributed by atoms with Crippen LogP contribution in [0.1, 0.15) is 23.7 Å². The van der Waals surface area contributed by atoms with Crippen LogP contribution in [0.15, 0.2) is 30.3 Å². The molecule has 2 rings (SSSR count). The first-order valence-corrected chi connectivity index (χ1v) is 6.27. The number of rotatable bonds is 2. The smallest absolute Gasteiger partial charge is 0.253 e. The molecule has 1 aromatic carbocycles. The molecule has 3 heteroatoms. The number of amides is 1. The molecule has 1 aliphatic rings. The van der Waals surface area contributed by atoms with Gasteiger partial charge in [0.15, 0.2) is 0 Å². The largest absolute Gasteiger partial charge is 0.336 e. The molecule has 0 unspecified atom stereocenters. The second-order valence-electron chi connectivity index (χ2n) is 4.66. The maximum atomic E-state index is 12.3. The van der Waals surface area contributed by atoms with Gasteiger partial charge in [0.1, 0.15) is 0 Å². The van der Waals surface area contributed by atoms with Crippen molar-refractivity contribution in [1.29, 1.82) is 0 Å². The Bertz CT molecular complexity index is 377. The Morgan fingerprint density at radius 3 is 2.65 bits per heavy atom. The van der Waals surface area contributed by atoms with Gasteiger partial charge in [-0.25, -0.2) is 0 Å². The van der Waals surface area contributed by atoms with Gasteiger partial charge in [-0.05, 0) is 25.6 Å². The standard InChI is InChI=1S/C14H20N2O/c1-3-13-11-16(10-9-15(13)2)14(17)12-7-5-4-6-8-12/h4-8,13H,3,9-11H2,1-2H3/t13-/m1/s1. The maximum absolute atomic E-state index is 12.3. The van der Waals surface area contributed by atoms with E-state index in [1.807, 2.05) is 35.2 Å². The Balaban J connectivity index is 2.06. The zero-order valence-electron chi connectivity index (χ0n) is 10.6. The minimum Gasteiger partial charge on any atom is -0.336 e. The number of hydrogen-bond acceptors (Lipinski definition) is 2. The minimum atomic E-state index is 0.164. The molecule has 92 valence electrons. The van der Waals surface area contributed by atoms with Gasteiger partial charge in [0.05, 0.1) is 0 Å². The van der Waals surface area contributed by atoms with Crippen molar-refractivity contribution >= 4 is 5.91 Å². The Kier molecular flexibility index (Phi) is 3.79. The quantitative estimate of drug-likeness (QED) is 0.777. The molecule has 0 aromatic heterocycles. The summed E-state index contributed by atoms with van der Waals surface area (Å²) in [7, 11) is 2.14. The minimum absolute atomic E-state index is 0.164. The molecular weight excluding hydrogens is 212 g/mol. The van der Waals surface area contributed by atoms with Gasteiger partial charge < -0.3 is 4.90 Å². The number of likely N-dealkylation sites (N-methyl/N-ethyl adjacent to an activating group) is 1. The average molecular weight is 232 g/mol. The molecule has 0 radical (unpaired) electrons. The fourth-order valence-electron chi connectivity index (χ4n) is 2.33. The highest BCUT2D eigenvalue weighted by Gasteiger charge is 2.26. The number of nitrogens with zero attached hydrogens (tertiary/aromatic N) is 2. The Hall–Kier alpha value is -1.35. The third-order valence-corrected chi connectivity index (χ3v) is 3.56. The molecule has 1 fully saturated rings. The van der Waals surface area contributed by atoms with Crippen LogP contribution >= 0.6 is 0 Å². The van der Waals surface area contributed by atoms with E-state index in [4.69, 9.17) is 0 Å². The second-order valence-corrected chi connectivity index (χ2v) is 4.66. The molecule has 1 amide bonds. The molecule has 0 bridgehead atoms. The van der Waals surface area contributed by atoms with Gasteiger partial charge >= 0.3 is 0 Å². The molecule has 17 heavy (non-hydrogen) atoms. The lowest BCUT2D eigenvalue weighted by Gasteiger charge is -2.39. The fourth-order valence-corrected chi connectivity index (χ4v) is 2.33. The third-order valence-electron chi connectivity index (χ3n) is 3.56. The monoisotopic (exact) mass is 232 g/mol. The molecule has 1 aromatic rings. The average Bonchev–Trinajstić information content (AvgIpc) is 2.39. The summed E-state index contributed by atoms with van der Waals surface area (Å²) in [5, 5.41) is 0. The highest BCUT2D eigenvalue weighted by atomic mass is 16.2. The number of hydrogen-bond donors (Lipinski definition) is 0. The summed E-state index contributed by atoms with van der Waals surface area (Å²) in [5.41, 5.74) is 0.798. The number of piperazine rings is 1. The normalized spacial score (nSPS) is 21.5. The topological polar surface area (TPSA) is 23.6 Å². The lowest BCUT2D eigenvalue weighted by molar-refractivity contribution is 0.0542. The van der Waals surface area contributed by atoms with E-state index in [1.165, 1.54) is 0 Å². The van der Waals surface area contributed by atoms with Crippen LogP contribution in [-0.4, -0.2) is 48.4 Å². The van der Waals surface area contributed by atoms with E-state index >= 15 is 0 Å². The van der Waals surface area contributed by atoms with Gasteiger partial charge in [-0.3, -0.25) is 9.69 Å². The maximum Gasteiger partial charge on any atom is 0.253 e. The van der Waals surface area contributed by atoms with Crippen LogP contribution in [0.5, 0.6) is 0 Å². The van der Waals surface area contributed by atoms with Crippen LogP contribution in [0.25, 0.3) is 0 Å². The van der Waals surface area contributed by atoms with Crippen LogP contribution in [0.2, 0.25) is 0 Å². The fraction of sp³-hybridized carbons (Fsp3) is 0.500. The molecule has 1 saturated heterocycles. The number of carbonyl (C=O) groups excluding carboxylic acids is 1. The lowest BCUT2D eigenvalue weighted by atomic mass is 10.1. The van der Waals surface area contributed by atoms with Gasteiger partial charge in [-0.15, -0.1) is 0 Å². The van der Waals surface area contributed by atoms with Crippen molar-refractivity contribution in [2.45, 2.75) is 19.4 Å². The summed E-state index contributed by atoms with van der Waals surface area (Å²) in [5.74, 6) is 0.164. The Morgan fingerprint density at radius 1 is 1.29 bits per heavy atom. The van der Waals surface area contributed by atoms with Crippen molar-refractivity contribution in [2.75, 3.05) is 26.7 Å². The lowest BCUT2D eigenvalue weighted by Crippen LogP contribution is -2.52. The molecule has 3 nitrogen and oxygen atoms in total. The summed E-state index contributed by atoms with van der Waals surface area (Å²) in [6.45, 7) is 4.83. The van der Waals surface area contributed by atoms with Gasteiger partial charge in [-0.2, -0.15) is 0 Å². The Morgan fingerprint density at radius 2 is 2.00 bits per heavy atom. The second kappa shape index (κ2) is 5.32. The van der Waals surface area contributed by atoms with Crippen molar-refractivity contribution in [3.05, 3.63) is 35.9 Å². The SMILES string of the molecule is CC[C@@H]1CN(C(=O)c2ccccc2)CCN1C. The predicted octanol–water partition coefficient (Wildman–Crippen LogP) is 1.85. The molecule has 1 aliphatic heterocycles. The van der Waals surface area contributed by atoms with E-state index in [1.54, 1.807) is 0 Å². The molecule has 0 saturated carbocycles. The molecule has 0 spiro atoms. The van der Waals surface area contributed by atoms with E-state index in [0.717, 1.165) is 31.6 Å². The summed E-state index contributed by atoms with van der Waals surface area (Å²) in [6, 6.07) is 10.1. The first-order chi connectivity index (χ1) is 8.22. The highest BCUT2D eigenvalue weighted by molar-refractivity contribution is 5.94. The third kappa shape index (κ3) is 2.67.